The Morgan fingerprint density at radius 2 is 1.82 bits per heavy atom. The highest BCUT2D eigenvalue weighted by Crippen LogP contribution is 2.28. The SMILES string of the molecule is COc1ccc(CCN(Cc2cccs2)C(=O)CN(CC2CCCO2)C(=O)c2ccc(C)cc2)cc1OC. The predicted octanol–water partition coefficient (Wildman–Crippen LogP) is 4.97. The molecule has 1 aromatic heterocycles. The van der Waals surface area contributed by atoms with E-state index in [0.717, 1.165) is 28.8 Å². The third-order valence-electron chi connectivity index (χ3n) is 6.76. The fraction of sp³-hybridized carbons (Fsp3) is 0.400. The number of ether oxygens (including phenoxy) is 3. The van der Waals surface area contributed by atoms with Crippen LogP contribution >= 0.6 is 11.3 Å². The summed E-state index contributed by atoms with van der Waals surface area (Å²) in [4.78, 5) is 31.8. The van der Waals surface area contributed by atoms with Crippen molar-refractivity contribution in [3.63, 3.8) is 0 Å². The van der Waals surface area contributed by atoms with Gasteiger partial charge in [0.1, 0.15) is 6.54 Å². The van der Waals surface area contributed by atoms with Gasteiger partial charge in [-0.2, -0.15) is 0 Å². The van der Waals surface area contributed by atoms with E-state index in [0.29, 0.717) is 49.7 Å². The van der Waals surface area contributed by atoms with Crippen LogP contribution in [0.3, 0.4) is 0 Å². The number of hydrogen-bond acceptors (Lipinski definition) is 6. The highest BCUT2D eigenvalue weighted by molar-refractivity contribution is 7.09. The smallest absolute Gasteiger partial charge is 0.254 e. The van der Waals surface area contributed by atoms with Crippen LogP contribution in [0.2, 0.25) is 0 Å². The molecule has 1 fully saturated rings. The maximum atomic E-state index is 13.7. The maximum absolute atomic E-state index is 13.7. The topological polar surface area (TPSA) is 68.3 Å². The zero-order valence-corrected chi connectivity index (χ0v) is 23.2. The first-order valence-electron chi connectivity index (χ1n) is 13.0. The van der Waals surface area contributed by atoms with E-state index in [4.69, 9.17) is 14.2 Å². The van der Waals surface area contributed by atoms with Crippen LogP contribution in [0.15, 0.2) is 60.0 Å². The van der Waals surface area contributed by atoms with Gasteiger partial charge < -0.3 is 24.0 Å². The molecule has 1 aliphatic rings. The second kappa shape index (κ2) is 13.4. The second-order valence-corrected chi connectivity index (χ2v) is 10.6. The molecular weight excluding hydrogens is 500 g/mol. The van der Waals surface area contributed by atoms with E-state index in [1.165, 1.54) is 0 Å². The molecule has 1 atom stereocenters. The lowest BCUT2D eigenvalue weighted by Crippen LogP contribution is -2.45. The van der Waals surface area contributed by atoms with Gasteiger partial charge in [-0.3, -0.25) is 9.59 Å². The summed E-state index contributed by atoms with van der Waals surface area (Å²) in [5.41, 5.74) is 2.70. The number of carbonyl (C=O) groups excluding carboxylic acids is 2. The Morgan fingerprint density at radius 1 is 1.03 bits per heavy atom. The standard InChI is InChI=1S/C30H36N2O5S/c1-22-8-11-24(12-9-22)30(34)32(19-25-6-4-16-37-25)21-29(33)31(20-26-7-5-17-38-26)15-14-23-10-13-27(35-2)28(18-23)36-3/h5,7-13,17-18,25H,4,6,14-16,19-21H2,1-3H3. The second-order valence-electron chi connectivity index (χ2n) is 9.52. The Labute approximate surface area is 228 Å². The zero-order chi connectivity index (χ0) is 26.9. The van der Waals surface area contributed by atoms with E-state index >= 15 is 0 Å². The third-order valence-corrected chi connectivity index (χ3v) is 7.62. The molecule has 2 amide bonds. The van der Waals surface area contributed by atoms with Crippen LogP contribution in [-0.2, 0) is 22.5 Å². The molecule has 2 heterocycles. The molecule has 7 nitrogen and oxygen atoms in total. The molecule has 0 saturated carbocycles. The largest absolute Gasteiger partial charge is 0.493 e. The monoisotopic (exact) mass is 536 g/mol. The van der Waals surface area contributed by atoms with E-state index in [-0.39, 0.29) is 24.5 Å². The molecule has 8 heteroatoms. The van der Waals surface area contributed by atoms with E-state index in [1.807, 2.05) is 71.8 Å². The van der Waals surface area contributed by atoms with Crippen molar-refractivity contribution in [3.05, 3.63) is 81.5 Å². The fourth-order valence-electron chi connectivity index (χ4n) is 4.58. The van der Waals surface area contributed by atoms with Gasteiger partial charge in [0, 0.05) is 30.1 Å². The Kier molecular flexibility index (Phi) is 9.79. The van der Waals surface area contributed by atoms with Gasteiger partial charge in [0.15, 0.2) is 11.5 Å². The molecule has 1 saturated heterocycles. The van der Waals surface area contributed by atoms with Crippen molar-refractivity contribution in [2.75, 3.05) is 40.5 Å². The van der Waals surface area contributed by atoms with Crippen molar-refractivity contribution in [1.82, 2.24) is 9.80 Å². The number of thiophene rings is 1. The average Bonchev–Trinajstić information content (AvgIpc) is 3.65. The molecule has 0 N–H and O–H groups in total. The summed E-state index contributed by atoms with van der Waals surface area (Å²) in [5, 5.41) is 2.01. The summed E-state index contributed by atoms with van der Waals surface area (Å²) in [6, 6.07) is 17.3. The lowest BCUT2D eigenvalue weighted by Gasteiger charge is -2.29. The van der Waals surface area contributed by atoms with Crippen molar-refractivity contribution >= 4 is 23.2 Å². The molecule has 2 aromatic carbocycles. The summed E-state index contributed by atoms with van der Waals surface area (Å²) in [7, 11) is 3.22. The molecule has 0 radical (unpaired) electrons. The average molecular weight is 537 g/mol. The van der Waals surface area contributed by atoms with Gasteiger partial charge in [-0.1, -0.05) is 29.8 Å². The lowest BCUT2D eigenvalue weighted by molar-refractivity contribution is -0.132. The van der Waals surface area contributed by atoms with E-state index < -0.39 is 0 Å². The minimum Gasteiger partial charge on any atom is -0.493 e. The minimum atomic E-state index is -0.148. The van der Waals surface area contributed by atoms with Crippen LogP contribution < -0.4 is 9.47 Å². The quantitative estimate of drug-likeness (QED) is 0.327. The number of amides is 2. The third kappa shape index (κ3) is 7.36. The number of methoxy groups -OCH3 is 2. The van der Waals surface area contributed by atoms with Crippen molar-refractivity contribution in [3.8, 4) is 11.5 Å². The molecule has 0 bridgehead atoms. The van der Waals surface area contributed by atoms with Crippen LogP contribution in [0.25, 0.3) is 0 Å². The van der Waals surface area contributed by atoms with Crippen LogP contribution in [0.1, 0.15) is 39.2 Å². The van der Waals surface area contributed by atoms with E-state index in [2.05, 4.69) is 0 Å². The summed E-state index contributed by atoms with van der Waals surface area (Å²) in [6.45, 7) is 4.10. The molecule has 4 rings (SSSR count). The number of nitrogens with zero attached hydrogens (tertiary/aromatic N) is 2. The van der Waals surface area contributed by atoms with Gasteiger partial charge in [0.05, 0.1) is 26.9 Å². The van der Waals surface area contributed by atoms with Gasteiger partial charge in [-0.15, -0.1) is 11.3 Å². The van der Waals surface area contributed by atoms with Crippen molar-refractivity contribution < 1.29 is 23.8 Å². The number of aryl methyl sites for hydroxylation is 1. The Bertz CT molecular complexity index is 1190. The normalized spacial score (nSPS) is 14.8. The van der Waals surface area contributed by atoms with Gasteiger partial charge in [0.25, 0.3) is 5.91 Å². The minimum absolute atomic E-state index is 0.00385. The van der Waals surface area contributed by atoms with Gasteiger partial charge >= 0.3 is 0 Å². The van der Waals surface area contributed by atoms with Crippen LogP contribution in [0.5, 0.6) is 11.5 Å². The zero-order valence-electron chi connectivity index (χ0n) is 22.4. The molecule has 38 heavy (non-hydrogen) atoms. The van der Waals surface area contributed by atoms with E-state index in [9.17, 15) is 9.59 Å². The molecule has 0 spiro atoms. The summed E-state index contributed by atoms with van der Waals surface area (Å²) in [6.07, 6.45) is 2.47. The number of hydrogen-bond donors (Lipinski definition) is 0. The van der Waals surface area contributed by atoms with Gasteiger partial charge in [-0.25, -0.2) is 0 Å². The van der Waals surface area contributed by atoms with Crippen molar-refractivity contribution in [2.24, 2.45) is 0 Å². The lowest BCUT2D eigenvalue weighted by atomic mass is 10.1. The first-order chi connectivity index (χ1) is 18.5. The summed E-state index contributed by atoms with van der Waals surface area (Å²) < 4.78 is 16.6. The maximum Gasteiger partial charge on any atom is 0.254 e. The molecular formula is C30H36N2O5S. The number of rotatable bonds is 12. The molecule has 3 aromatic rings. The van der Waals surface area contributed by atoms with Crippen LogP contribution in [0.4, 0.5) is 0 Å². The predicted molar refractivity (Wildman–Crippen MR) is 149 cm³/mol. The number of benzene rings is 2. The molecule has 202 valence electrons. The molecule has 0 aliphatic carbocycles. The summed E-state index contributed by atoms with van der Waals surface area (Å²) >= 11 is 1.62. The van der Waals surface area contributed by atoms with Crippen LogP contribution in [0, 0.1) is 6.92 Å². The Morgan fingerprint density at radius 3 is 2.47 bits per heavy atom. The van der Waals surface area contributed by atoms with Gasteiger partial charge in [0.2, 0.25) is 5.91 Å². The van der Waals surface area contributed by atoms with Gasteiger partial charge in [-0.05, 0) is 67.5 Å². The Hall–Kier alpha value is -3.36. The van der Waals surface area contributed by atoms with Crippen molar-refractivity contribution in [2.45, 2.75) is 38.8 Å². The summed E-state index contributed by atoms with van der Waals surface area (Å²) in [5.74, 6) is 1.09. The Balaban J connectivity index is 1.51. The van der Waals surface area contributed by atoms with Crippen LogP contribution in [-0.4, -0.2) is 68.2 Å². The first-order valence-corrected chi connectivity index (χ1v) is 13.8. The highest BCUT2D eigenvalue weighted by atomic mass is 32.1. The number of carbonyl (C=O) groups is 2. The molecule has 1 aliphatic heterocycles. The molecule has 1 unspecified atom stereocenters. The van der Waals surface area contributed by atoms with Crippen molar-refractivity contribution in [1.29, 1.82) is 0 Å². The van der Waals surface area contributed by atoms with E-state index in [1.54, 1.807) is 30.5 Å². The highest BCUT2D eigenvalue weighted by Gasteiger charge is 2.27. The first kappa shape index (κ1) is 27.7. The fourth-order valence-corrected chi connectivity index (χ4v) is 5.30.